The summed E-state index contributed by atoms with van der Waals surface area (Å²) < 4.78 is 13.2. The first kappa shape index (κ1) is 19.5. The Morgan fingerprint density at radius 3 is 2.63 bits per heavy atom. The van der Waals surface area contributed by atoms with Gasteiger partial charge in [-0.1, -0.05) is 61.0 Å². The third-order valence-corrected chi connectivity index (χ3v) is 4.71. The van der Waals surface area contributed by atoms with Crippen LogP contribution in [-0.4, -0.2) is 41.0 Å². The molecule has 2 aromatic rings. The van der Waals surface area contributed by atoms with Crippen molar-refractivity contribution >= 4 is 5.71 Å². The lowest BCUT2D eigenvalue weighted by molar-refractivity contribution is 0.0305. The number of hydrogen-bond donors (Lipinski definition) is 1. The van der Waals surface area contributed by atoms with E-state index in [4.69, 9.17) is 4.84 Å². The third kappa shape index (κ3) is 5.88. The maximum absolute atomic E-state index is 13.2. The highest BCUT2D eigenvalue weighted by Gasteiger charge is 2.25. The van der Waals surface area contributed by atoms with Gasteiger partial charge in [0.15, 0.2) is 0 Å². The van der Waals surface area contributed by atoms with Gasteiger partial charge in [-0.05, 0) is 29.7 Å². The van der Waals surface area contributed by atoms with Gasteiger partial charge in [0.1, 0.15) is 11.9 Å². The third-order valence-electron chi connectivity index (χ3n) is 4.71. The number of rotatable bonds is 9. The zero-order valence-corrected chi connectivity index (χ0v) is 15.7. The fourth-order valence-electron chi connectivity index (χ4n) is 3.39. The zero-order valence-electron chi connectivity index (χ0n) is 15.7. The van der Waals surface area contributed by atoms with Gasteiger partial charge in [0.05, 0.1) is 11.8 Å². The van der Waals surface area contributed by atoms with Crippen molar-refractivity contribution in [3.8, 4) is 0 Å². The lowest BCUT2D eigenvalue weighted by atomic mass is 10.0. The summed E-state index contributed by atoms with van der Waals surface area (Å²) in [5, 5.41) is 14.5. The quantitative estimate of drug-likeness (QED) is 0.726. The SMILES string of the molecule is CCC[C@H](O)CN(Cc1ccc(F)cc1)C[C@H]1CC(c2ccccc2)=NO1. The molecule has 2 atom stereocenters. The Bertz CT molecular complexity index is 734. The van der Waals surface area contributed by atoms with Crippen LogP contribution in [0.5, 0.6) is 0 Å². The summed E-state index contributed by atoms with van der Waals surface area (Å²) in [5.41, 5.74) is 3.05. The first-order chi connectivity index (χ1) is 13.1. The predicted octanol–water partition coefficient (Wildman–Crippen LogP) is 3.98. The van der Waals surface area contributed by atoms with Crippen molar-refractivity contribution in [2.24, 2.45) is 5.16 Å². The van der Waals surface area contributed by atoms with E-state index < -0.39 is 0 Å². The molecule has 27 heavy (non-hydrogen) atoms. The van der Waals surface area contributed by atoms with Gasteiger partial charge < -0.3 is 9.94 Å². The second-order valence-electron chi connectivity index (χ2n) is 7.10. The molecule has 0 radical (unpaired) electrons. The largest absolute Gasteiger partial charge is 0.392 e. The molecule has 0 saturated carbocycles. The Balaban J connectivity index is 1.61. The number of hydrogen-bond acceptors (Lipinski definition) is 4. The Kier molecular flexibility index (Phi) is 6.96. The molecule has 0 spiro atoms. The number of aliphatic hydroxyl groups excluding tert-OH is 1. The van der Waals surface area contributed by atoms with Crippen LogP contribution in [0.2, 0.25) is 0 Å². The fraction of sp³-hybridized carbons (Fsp3) is 0.409. The van der Waals surface area contributed by atoms with Crippen LogP contribution in [0.3, 0.4) is 0 Å². The first-order valence-corrected chi connectivity index (χ1v) is 9.57. The molecular formula is C22H27FN2O2. The molecule has 5 heteroatoms. The molecule has 0 fully saturated rings. The molecular weight excluding hydrogens is 343 g/mol. The van der Waals surface area contributed by atoms with Crippen LogP contribution in [-0.2, 0) is 11.4 Å². The Labute approximate surface area is 160 Å². The van der Waals surface area contributed by atoms with Crippen LogP contribution in [0.1, 0.15) is 37.3 Å². The summed E-state index contributed by atoms with van der Waals surface area (Å²) >= 11 is 0. The normalized spacial score (nSPS) is 17.6. The molecule has 4 nitrogen and oxygen atoms in total. The lowest BCUT2D eigenvalue weighted by Gasteiger charge is -2.27. The van der Waals surface area contributed by atoms with Gasteiger partial charge in [-0.3, -0.25) is 4.90 Å². The number of nitrogens with zero attached hydrogens (tertiary/aromatic N) is 2. The van der Waals surface area contributed by atoms with Crippen LogP contribution in [0.4, 0.5) is 4.39 Å². The van der Waals surface area contributed by atoms with E-state index in [0.29, 0.717) is 19.6 Å². The monoisotopic (exact) mass is 370 g/mol. The van der Waals surface area contributed by atoms with Gasteiger partial charge in [0, 0.05) is 26.1 Å². The van der Waals surface area contributed by atoms with Crippen molar-refractivity contribution in [3.05, 3.63) is 71.5 Å². The van der Waals surface area contributed by atoms with E-state index in [1.165, 1.54) is 12.1 Å². The van der Waals surface area contributed by atoms with Crippen LogP contribution >= 0.6 is 0 Å². The second-order valence-corrected chi connectivity index (χ2v) is 7.10. The van der Waals surface area contributed by atoms with Crippen LogP contribution in [0, 0.1) is 5.82 Å². The van der Waals surface area contributed by atoms with Crippen LogP contribution < -0.4 is 0 Å². The van der Waals surface area contributed by atoms with Crippen molar-refractivity contribution < 1.29 is 14.3 Å². The maximum Gasteiger partial charge on any atom is 0.145 e. The minimum absolute atomic E-state index is 0.0468. The second kappa shape index (κ2) is 9.62. The van der Waals surface area contributed by atoms with E-state index in [9.17, 15) is 9.50 Å². The molecule has 3 rings (SSSR count). The predicted molar refractivity (Wildman–Crippen MR) is 105 cm³/mol. The lowest BCUT2D eigenvalue weighted by Crippen LogP contribution is -2.37. The summed E-state index contributed by atoms with van der Waals surface area (Å²) in [6, 6.07) is 16.6. The summed E-state index contributed by atoms with van der Waals surface area (Å²) in [6.45, 7) is 3.93. The Hall–Kier alpha value is -2.24. The molecule has 0 aromatic heterocycles. The molecule has 0 bridgehead atoms. The molecule has 144 valence electrons. The Morgan fingerprint density at radius 2 is 1.93 bits per heavy atom. The average Bonchev–Trinajstić information content (AvgIpc) is 3.13. The van der Waals surface area contributed by atoms with E-state index >= 15 is 0 Å². The summed E-state index contributed by atoms with van der Waals surface area (Å²) in [5.74, 6) is -0.239. The molecule has 0 saturated heterocycles. The summed E-state index contributed by atoms with van der Waals surface area (Å²) in [7, 11) is 0. The Morgan fingerprint density at radius 1 is 1.19 bits per heavy atom. The highest BCUT2D eigenvalue weighted by Crippen LogP contribution is 2.19. The molecule has 0 unspecified atom stereocenters. The highest BCUT2D eigenvalue weighted by molar-refractivity contribution is 6.01. The van der Waals surface area contributed by atoms with E-state index in [0.717, 1.165) is 36.1 Å². The number of benzene rings is 2. The molecule has 1 heterocycles. The topological polar surface area (TPSA) is 45.1 Å². The van der Waals surface area contributed by atoms with Gasteiger partial charge in [0.2, 0.25) is 0 Å². The van der Waals surface area contributed by atoms with Gasteiger partial charge >= 0.3 is 0 Å². The van der Waals surface area contributed by atoms with Gasteiger partial charge in [-0.15, -0.1) is 0 Å². The maximum atomic E-state index is 13.2. The summed E-state index contributed by atoms with van der Waals surface area (Å²) in [4.78, 5) is 7.82. The first-order valence-electron chi connectivity index (χ1n) is 9.57. The van der Waals surface area contributed by atoms with Crippen molar-refractivity contribution in [2.75, 3.05) is 13.1 Å². The number of oxime groups is 1. The van der Waals surface area contributed by atoms with Gasteiger partial charge in [0.25, 0.3) is 0 Å². The molecule has 1 aliphatic heterocycles. The number of halogens is 1. The zero-order chi connectivity index (χ0) is 19.1. The van der Waals surface area contributed by atoms with E-state index in [2.05, 4.69) is 17.0 Å². The molecule has 0 amide bonds. The van der Waals surface area contributed by atoms with E-state index in [-0.39, 0.29) is 18.0 Å². The smallest absolute Gasteiger partial charge is 0.145 e. The molecule has 1 N–H and O–H groups in total. The van der Waals surface area contributed by atoms with Crippen molar-refractivity contribution in [1.29, 1.82) is 0 Å². The van der Waals surface area contributed by atoms with E-state index in [1.807, 2.05) is 30.3 Å². The molecule has 1 aliphatic rings. The molecule has 0 aliphatic carbocycles. The minimum atomic E-state index is -0.383. The van der Waals surface area contributed by atoms with Crippen molar-refractivity contribution in [1.82, 2.24) is 4.90 Å². The van der Waals surface area contributed by atoms with Crippen molar-refractivity contribution in [2.45, 2.75) is 44.9 Å². The highest BCUT2D eigenvalue weighted by atomic mass is 19.1. The minimum Gasteiger partial charge on any atom is -0.392 e. The van der Waals surface area contributed by atoms with Gasteiger partial charge in [-0.25, -0.2) is 4.39 Å². The number of aliphatic hydroxyl groups is 1. The van der Waals surface area contributed by atoms with Gasteiger partial charge in [-0.2, -0.15) is 0 Å². The van der Waals surface area contributed by atoms with Crippen LogP contribution in [0.15, 0.2) is 59.8 Å². The average molecular weight is 370 g/mol. The van der Waals surface area contributed by atoms with Crippen molar-refractivity contribution in [3.63, 3.8) is 0 Å². The fourth-order valence-corrected chi connectivity index (χ4v) is 3.39. The molecule has 2 aromatic carbocycles. The summed E-state index contributed by atoms with van der Waals surface area (Å²) in [6.07, 6.45) is 2.01. The van der Waals surface area contributed by atoms with Crippen LogP contribution in [0.25, 0.3) is 0 Å². The van der Waals surface area contributed by atoms with E-state index in [1.54, 1.807) is 12.1 Å². The standard InChI is InChI=1S/C22H27FN2O2/c1-2-6-20(26)15-25(14-17-9-11-19(23)12-10-17)16-21-13-22(24-27-21)18-7-4-3-5-8-18/h3-5,7-12,20-21,26H,2,6,13-16H2,1H3/t20-,21+/m0/s1.